The van der Waals surface area contributed by atoms with Crippen molar-refractivity contribution in [3.63, 3.8) is 0 Å². The van der Waals surface area contributed by atoms with E-state index in [0.29, 0.717) is 16.9 Å². The molecule has 0 aliphatic heterocycles. The Balaban J connectivity index is 2.11. The first kappa shape index (κ1) is 24.3. The Kier molecular flexibility index (Phi) is 7.71. The standard InChI is InChI=1S/C19H22F3N3O5S/c1-18(2,3)30-17(28)23-9-4-10-25-14(15(26)27)11-31-16(25)24-12-5-7-13(8-6-12)29-19(20,21)22/h5-8,11H,4,9-10H2,1-3H3,(H,23,28)(H,26,27)/p-1. The highest BCUT2D eigenvalue weighted by atomic mass is 32.1. The average Bonchev–Trinajstić information content (AvgIpc) is 3.00. The number of hydrogen-bond donors (Lipinski definition) is 1. The minimum atomic E-state index is -4.80. The molecule has 170 valence electrons. The second-order valence-corrected chi connectivity index (χ2v) is 8.11. The first-order valence-electron chi connectivity index (χ1n) is 9.11. The molecule has 0 aliphatic carbocycles. The van der Waals surface area contributed by atoms with Crippen molar-refractivity contribution in [3.8, 4) is 5.75 Å². The van der Waals surface area contributed by atoms with Gasteiger partial charge in [0.25, 0.3) is 0 Å². The maximum Gasteiger partial charge on any atom is 0.573 e. The topological polar surface area (TPSA) is 105 Å². The molecule has 2 aromatic rings. The number of carboxylic acid groups (broad SMARTS) is 1. The molecule has 0 spiro atoms. The Morgan fingerprint density at radius 1 is 1.19 bits per heavy atom. The summed E-state index contributed by atoms with van der Waals surface area (Å²) in [6.07, 6.45) is -5.01. The van der Waals surface area contributed by atoms with Crippen LogP contribution >= 0.6 is 11.3 Å². The van der Waals surface area contributed by atoms with Crippen LogP contribution in [0.4, 0.5) is 23.7 Å². The van der Waals surface area contributed by atoms with Gasteiger partial charge in [-0.3, -0.25) is 0 Å². The van der Waals surface area contributed by atoms with Crippen LogP contribution in [0.3, 0.4) is 0 Å². The number of ether oxygens (including phenoxy) is 2. The van der Waals surface area contributed by atoms with Gasteiger partial charge in [-0.2, -0.15) is 0 Å². The second-order valence-electron chi connectivity index (χ2n) is 7.28. The Bertz CT molecular complexity index is 975. The van der Waals surface area contributed by atoms with Crippen molar-refractivity contribution in [2.45, 2.75) is 45.7 Å². The number of halogens is 3. The highest BCUT2D eigenvalue weighted by Crippen LogP contribution is 2.24. The smallest absolute Gasteiger partial charge is 0.543 e. The van der Waals surface area contributed by atoms with E-state index in [1.165, 1.54) is 22.1 Å². The zero-order valence-corrected chi connectivity index (χ0v) is 17.8. The highest BCUT2D eigenvalue weighted by molar-refractivity contribution is 7.07. The van der Waals surface area contributed by atoms with Gasteiger partial charge in [0, 0.05) is 18.5 Å². The SMILES string of the molecule is CC(C)(C)OC(=O)NCCCn1c(C(=O)[O-])csc1=Nc1ccc(OC(F)(F)F)cc1. The van der Waals surface area contributed by atoms with Gasteiger partial charge in [0.15, 0.2) is 4.80 Å². The van der Waals surface area contributed by atoms with Gasteiger partial charge in [0.05, 0.1) is 17.4 Å². The lowest BCUT2D eigenvalue weighted by Crippen LogP contribution is -2.34. The number of hydrogen-bond acceptors (Lipinski definition) is 7. The molecule has 12 heteroatoms. The molecule has 31 heavy (non-hydrogen) atoms. The molecule has 0 atom stereocenters. The molecular formula is C19H21F3N3O5S-. The van der Waals surface area contributed by atoms with E-state index < -0.39 is 29.8 Å². The van der Waals surface area contributed by atoms with Crippen molar-refractivity contribution in [2.75, 3.05) is 6.54 Å². The number of carbonyl (C=O) groups is 2. The Labute approximate surface area is 179 Å². The summed E-state index contributed by atoms with van der Waals surface area (Å²) >= 11 is 1.04. The van der Waals surface area contributed by atoms with Gasteiger partial charge < -0.3 is 29.3 Å². The summed E-state index contributed by atoms with van der Waals surface area (Å²) in [5, 5.41) is 15.3. The van der Waals surface area contributed by atoms with Gasteiger partial charge in [-0.1, -0.05) is 0 Å². The third-order valence-corrected chi connectivity index (χ3v) is 4.39. The second kappa shape index (κ2) is 9.86. The normalized spacial score (nSPS) is 12.5. The Morgan fingerprint density at radius 2 is 1.84 bits per heavy atom. The van der Waals surface area contributed by atoms with Crippen LogP contribution in [0.1, 0.15) is 37.7 Å². The van der Waals surface area contributed by atoms with Crippen LogP contribution in [0.25, 0.3) is 0 Å². The minimum absolute atomic E-state index is 0.0990. The van der Waals surface area contributed by atoms with Gasteiger partial charge in [0.2, 0.25) is 0 Å². The summed E-state index contributed by atoms with van der Waals surface area (Å²) in [6, 6.07) is 4.84. The number of alkyl carbamates (subject to hydrolysis) is 1. The molecule has 0 aliphatic rings. The van der Waals surface area contributed by atoms with E-state index in [4.69, 9.17) is 4.74 Å². The van der Waals surface area contributed by atoms with Crippen molar-refractivity contribution in [1.82, 2.24) is 9.88 Å². The summed E-state index contributed by atoms with van der Waals surface area (Å²) in [4.78, 5) is 27.7. The van der Waals surface area contributed by atoms with Crippen LogP contribution in [0, 0.1) is 0 Å². The van der Waals surface area contributed by atoms with Crippen molar-refractivity contribution in [3.05, 3.63) is 40.1 Å². The van der Waals surface area contributed by atoms with Gasteiger partial charge in [-0.25, -0.2) is 9.79 Å². The molecule has 1 N–H and O–H groups in total. The average molecular weight is 460 g/mol. The molecule has 0 unspecified atom stereocenters. The summed E-state index contributed by atoms with van der Waals surface area (Å²) < 4.78 is 47.1. The van der Waals surface area contributed by atoms with Crippen LogP contribution in [-0.4, -0.2) is 35.1 Å². The summed E-state index contributed by atoms with van der Waals surface area (Å²) in [7, 11) is 0. The van der Waals surface area contributed by atoms with E-state index in [9.17, 15) is 27.9 Å². The lowest BCUT2D eigenvalue weighted by Gasteiger charge is -2.19. The molecule has 1 amide bonds. The molecule has 0 bridgehead atoms. The highest BCUT2D eigenvalue weighted by Gasteiger charge is 2.30. The lowest BCUT2D eigenvalue weighted by molar-refractivity contribution is -0.274. The monoisotopic (exact) mass is 460 g/mol. The number of benzene rings is 1. The van der Waals surface area contributed by atoms with Crippen LogP contribution in [0.15, 0.2) is 34.6 Å². The zero-order chi connectivity index (χ0) is 23.2. The van der Waals surface area contributed by atoms with Crippen molar-refractivity contribution in [2.24, 2.45) is 4.99 Å². The number of nitrogens with one attached hydrogen (secondary N) is 1. The molecule has 2 rings (SSSR count). The maximum atomic E-state index is 12.3. The molecule has 1 aromatic carbocycles. The predicted octanol–water partition coefficient (Wildman–Crippen LogP) is 2.96. The van der Waals surface area contributed by atoms with E-state index in [-0.39, 0.29) is 18.8 Å². The number of thiazole rings is 1. The molecular weight excluding hydrogens is 439 g/mol. The first-order valence-corrected chi connectivity index (χ1v) is 9.99. The minimum Gasteiger partial charge on any atom is -0.543 e. The number of amides is 1. The molecule has 0 saturated carbocycles. The van der Waals surface area contributed by atoms with Crippen LogP contribution in [0.2, 0.25) is 0 Å². The Morgan fingerprint density at radius 3 is 2.39 bits per heavy atom. The van der Waals surface area contributed by atoms with Crippen molar-refractivity contribution < 1.29 is 37.3 Å². The van der Waals surface area contributed by atoms with E-state index in [2.05, 4.69) is 15.0 Å². The number of aromatic nitrogens is 1. The molecule has 0 fully saturated rings. The van der Waals surface area contributed by atoms with Gasteiger partial charge in [-0.15, -0.1) is 24.5 Å². The van der Waals surface area contributed by atoms with Crippen LogP contribution in [-0.2, 0) is 11.3 Å². The van der Waals surface area contributed by atoms with E-state index >= 15 is 0 Å². The predicted molar refractivity (Wildman–Crippen MR) is 104 cm³/mol. The van der Waals surface area contributed by atoms with Crippen LogP contribution < -0.4 is 20.0 Å². The van der Waals surface area contributed by atoms with Gasteiger partial charge in [-0.05, 0) is 51.5 Å². The summed E-state index contributed by atoms with van der Waals surface area (Å²) in [5.41, 5.74) is -0.430. The molecule has 8 nitrogen and oxygen atoms in total. The maximum absolute atomic E-state index is 12.3. The molecule has 0 saturated heterocycles. The van der Waals surface area contributed by atoms with E-state index in [1.807, 2.05) is 0 Å². The third kappa shape index (κ3) is 8.32. The van der Waals surface area contributed by atoms with E-state index in [1.54, 1.807) is 20.8 Å². The fraction of sp³-hybridized carbons (Fsp3) is 0.421. The van der Waals surface area contributed by atoms with Crippen LogP contribution in [0.5, 0.6) is 5.75 Å². The fourth-order valence-corrected chi connectivity index (χ4v) is 3.29. The zero-order valence-electron chi connectivity index (χ0n) is 17.0. The third-order valence-electron chi connectivity index (χ3n) is 3.53. The summed E-state index contributed by atoms with van der Waals surface area (Å²) in [6.45, 7) is 5.63. The lowest BCUT2D eigenvalue weighted by atomic mass is 10.2. The number of alkyl halides is 3. The fourth-order valence-electron chi connectivity index (χ4n) is 2.37. The van der Waals surface area contributed by atoms with Gasteiger partial charge >= 0.3 is 12.5 Å². The quantitative estimate of drug-likeness (QED) is 0.640. The summed E-state index contributed by atoms with van der Waals surface area (Å²) in [5.74, 6) is -1.79. The van der Waals surface area contributed by atoms with Crippen molar-refractivity contribution >= 4 is 29.1 Å². The largest absolute Gasteiger partial charge is 0.573 e. The van der Waals surface area contributed by atoms with Gasteiger partial charge in [0.1, 0.15) is 11.4 Å². The number of carbonyl (C=O) groups excluding carboxylic acids is 2. The molecule has 1 aromatic heterocycles. The number of carboxylic acids is 1. The molecule has 1 heterocycles. The number of aromatic carboxylic acids is 1. The number of rotatable bonds is 7. The Hall–Kier alpha value is -3.02. The van der Waals surface area contributed by atoms with Crippen molar-refractivity contribution in [1.29, 1.82) is 0 Å². The van der Waals surface area contributed by atoms with E-state index in [0.717, 1.165) is 23.5 Å². The first-order chi connectivity index (χ1) is 14.3. The molecule has 0 radical (unpaired) electrons. The number of nitrogens with zero attached hydrogens (tertiary/aromatic N) is 2.